The van der Waals surface area contributed by atoms with Crippen molar-refractivity contribution >= 4 is 25.3 Å². The van der Waals surface area contributed by atoms with Gasteiger partial charge in [-0.05, 0) is 52.3 Å². The summed E-state index contributed by atoms with van der Waals surface area (Å²) in [6.45, 7) is 2.67. The SMILES string of the molecule is [B]c1c(C)cccc1CN1CN(C23C(=Cc4ccccc42)Cc2ccccc23)n2ccc(=O)c(OCc3ccccc3)c2C1=O. The summed E-state index contributed by atoms with van der Waals surface area (Å²) in [5, 5.41) is 2.23. The van der Waals surface area contributed by atoms with Crippen LogP contribution in [0.25, 0.3) is 6.08 Å². The Kier molecular flexibility index (Phi) is 6.31. The number of carbonyl (C=O) groups excluding carboxylic acids is 1. The summed E-state index contributed by atoms with van der Waals surface area (Å²) in [7, 11) is 6.53. The highest BCUT2D eigenvalue weighted by Crippen LogP contribution is 2.55. The number of carbonyl (C=O) groups is 1. The van der Waals surface area contributed by atoms with Crippen molar-refractivity contribution in [2.45, 2.75) is 32.0 Å². The zero-order chi connectivity index (χ0) is 30.7. The van der Waals surface area contributed by atoms with E-state index >= 15 is 0 Å². The maximum Gasteiger partial charge on any atom is 0.278 e. The fraction of sp³-hybridized carbons (Fsp3) is 0.158. The summed E-state index contributed by atoms with van der Waals surface area (Å²) < 4.78 is 8.10. The number of benzene rings is 4. The third-order valence-electron chi connectivity index (χ3n) is 9.41. The standard InChI is InChI=1S/C38H30BN3O3/c1-25-10-9-15-29(34(25)39)22-40-24-42(38-30(20-27-13-5-7-16-31(27)38)21-28-14-6-8-17-32(28)38)41-19-18-33(43)36(35(41)37(40)44)45-23-26-11-3-2-4-12-26/h2-20H,21-24H2,1H3. The predicted octanol–water partition coefficient (Wildman–Crippen LogP) is 4.98. The molecule has 0 spiro atoms. The minimum Gasteiger partial charge on any atom is -0.482 e. The minimum atomic E-state index is -0.690. The van der Waals surface area contributed by atoms with Crippen molar-refractivity contribution in [3.8, 4) is 5.75 Å². The normalized spacial score (nSPS) is 17.8. The number of ether oxygens (including phenoxy) is 1. The molecule has 45 heavy (non-hydrogen) atoms. The van der Waals surface area contributed by atoms with Crippen LogP contribution in [-0.4, -0.2) is 30.0 Å². The van der Waals surface area contributed by atoms with E-state index in [1.165, 1.54) is 22.8 Å². The quantitative estimate of drug-likeness (QED) is 0.263. The van der Waals surface area contributed by atoms with Crippen LogP contribution in [0.5, 0.6) is 5.75 Å². The zero-order valence-electron chi connectivity index (χ0n) is 24.9. The second-order valence-corrected chi connectivity index (χ2v) is 12.0. The van der Waals surface area contributed by atoms with Gasteiger partial charge in [0, 0.05) is 18.8 Å². The second kappa shape index (κ2) is 10.4. The highest BCUT2D eigenvalue weighted by Gasteiger charge is 2.55. The number of hydrogen-bond acceptors (Lipinski definition) is 4. The average Bonchev–Trinajstić information content (AvgIpc) is 3.56. The fourth-order valence-electron chi connectivity index (χ4n) is 7.28. The number of aryl methyl sites for hydroxylation is 1. The Balaban J connectivity index is 1.35. The van der Waals surface area contributed by atoms with Gasteiger partial charge in [0.05, 0.1) is 0 Å². The lowest BCUT2D eigenvalue weighted by atomic mass is 9.83. The first kappa shape index (κ1) is 27.3. The summed E-state index contributed by atoms with van der Waals surface area (Å²) in [6.07, 6.45) is 4.79. The van der Waals surface area contributed by atoms with E-state index in [2.05, 4.69) is 59.6 Å². The second-order valence-electron chi connectivity index (χ2n) is 12.0. The molecule has 1 amide bonds. The van der Waals surface area contributed by atoms with E-state index in [4.69, 9.17) is 12.6 Å². The Labute approximate surface area is 263 Å². The lowest BCUT2D eigenvalue weighted by Gasteiger charge is -2.49. The van der Waals surface area contributed by atoms with Gasteiger partial charge in [-0.25, -0.2) is 0 Å². The molecule has 7 heteroatoms. The monoisotopic (exact) mass is 587 g/mol. The molecular formula is C38H30BN3O3. The summed E-state index contributed by atoms with van der Waals surface area (Å²) in [5.74, 6) is -0.245. The van der Waals surface area contributed by atoms with Crippen LogP contribution in [0.1, 0.15) is 49.4 Å². The van der Waals surface area contributed by atoms with E-state index in [1.807, 2.05) is 60.1 Å². The van der Waals surface area contributed by atoms with E-state index in [-0.39, 0.29) is 42.6 Å². The Bertz CT molecular complexity index is 2090. The maximum absolute atomic E-state index is 14.5. The van der Waals surface area contributed by atoms with Crippen molar-refractivity contribution in [3.05, 3.63) is 170 Å². The molecule has 0 fully saturated rings. The minimum absolute atomic E-state index is 0.0396. The molecule has 218 valence electrons. The molecule has 1 atom stereocenters. The molecule has 0 N–H and O–H groups in total. The van der Waals surface area contributed by atoms with Gasteiger partial charge in [-0.3, -0.25) is 19.3 Å². The Morgan fingerprint density at radius 3 is 2.44 bits per heavy atom. The lowest BCUT2D eigenvalue weighted by molar-refractivity contribution is 0.0649. The average molecular weight is 587 g/mol. The Morgan fingerprint density at radius 1 is 0.844 bits per heavy atom. The molecule has 1 aliphatic heterocycles. The smallest absolute Gasteiger partial charge is 0.278 e. The van der Waals surface area contributed by atoms with Crippen LogP contribution >= 0.6 is 0 Å². The molecule has 0 saturated heterocycles. The molecule has 2 aliphatic carbocycles. The van der Waals surface area contributed by atoms with Crippen molar-refractivity contribution in [2.24, 2.45) is 0 Å². The number of pyridine rings is 1. The Morgan fingerprint density at radius 2 is 1.60 bits per heavy atom. The van der Waals surface area contributed by atoms with Crippen LogP contribution in [0, 0.1) is 6.92 Å². The first-order valence-corrected chi connectivity index (χ1v) is 15.2. The third-order valence-corrected chi connectivity index (χ3v) is 9.41. The molecule has 4 aromatic carbocycles. The van der Waals surface area contributed by atoms with Crippen LogP contribution < -0.4 is 20.6 Å². The zero-order valence-corrected chi connectivity index (χ0v) is 24.9. The first-order chi connectivity index (χ1) is 22.0. The number of nitrogens with zero attached hydrogens (tertiary/aromatic N) is 3. The highest BCUT2D eigenvalue weighted by atomic mass is 16.5. The van der Waals surface area contributed by atoms with Gasteiger partial charge in [-0.1, -0.05) is 114 Å². The van der Waals surface area contributed by atoms with Crippen LogP contribution in [0.4, 0.5) is 0 Å². The molecule has 6 nitrogen and oxygen atoms in total. The van der Waals surface area contributed by atoms with Gasteiger partial charge in [-0.15, -0.1) is 0 Å². The largest absolute Gasteiger partial charge is 0.482 e. The molecule has 8 rings (SSSR count). The topological polar surface area (TPSA) is 54.8 Å². The third kappa shape index (κ3) is 4.11. The molecule has 2 radical (unpaired) electrons. The van der Waals surface area contributed by atoms with Crippen molar-refractivity contribution in [1.29, 1.82) is 0 Å². The summed E-state index contributed by atoms with van der Waals surface area (Å²) >= 11 is 0. The van der Waals surface area contributed by atoms with E-state index in [1.54, 1.807) is 11.1 Å². The van der Waals surface area contributed by atoms with E-state index in [0.717, 1.165) is 34.2 Å². The van der Waals surface area contributed by atoms with Crippen molar-refractivity contribution in [2.75, 3.05) is 11.7 Å². The molecular weight excluding hydrogens is 557 g/mol. The van der Waals surface area contributed by atoms with E-state index in [0.29, 0.717) is 5.46 Å². The number of amides is 1. The number of aromatic nitrogens is 1. The molecule has 0 saturated carbocycles. The summed E-state index contributed by atoms with van der Waals surface area (Å²) in [6, 6.07) is 34.0. The van der Waals surface area contributed by atoms with Crippen LogP contribution in [0.15, 0.2) is 120 Å². The highest BCUT2D eigenvalue weighted by molar-refractivity contribution is 6.34. The van der Waals surface area contributed by atoms with E-state index in [9.17, 15) is 9.59 Å². The van der Waals surface area contributed by atoms with Crippen molar-refractivity contribution in [1.82, 2.24) is 9.58 Å². The van der Waals surface area contributed by atoms with E-state index < -0.39 is 5.54 Å². The molecule has 5 aromatic rings. The fourth-order valence-corrected chi connectivity index (χ4v) is 7.28. The van der Waals surface area contributed by atoms with Crippen LogP contribution in [0.3, 0.4) is 0 Å². The molecule has 1 unspecified atom stereocenters. The van der Waals surface area contributed by atoms with Gasteiger partial charge >= 0.3 is 0 Å². The first-order valence-electron chi connectivity index (χ1n) is 15.2. The van der Waals surface area contributed by atoms with Gasteiger partial charge in [0.25, 0.3) is 5.91 Å². The molecule has 0 bridgehead atoms. The number of fused-ring (bicyclic) bond motifs is 6. The molecule has 2 heterocycles. The number of hydrogen-bond donors (Lipinski definition) is 0. The van der Waals surface area contributed by atoms with Gasteiger partial charge in [0.2, 0.25) is 5.43 Å². The van der Waals surface area contributed by atoms with Gasteiger partial charge in [0.1, 0.15) is 26.7 Å². The summed E-state index contributed by atoms with van der Waals surface area (Å²) in [5.41, 5.74) is 8.48. The Hall–Kier alpha value is -5.30. The maximum atomic E-state index is 14.5. The van der Waals surface area contributed by atoms with Gasteiger partial charge < -0.3 is 9.64 Å². The molecule has 3 aliphatic rings. The molecule has 1 aromatic heterocycles. The van der Waals surface area contributed by atoms with Crippen molar-refractivity contribution < 1.29 is 9.53 Å². The van der Waals surface area contributed by atoms with Crippen molar-refractivity contribution in [3.63, 3.8) is 0 Å². The predicted molar refractivity (Wildman–Crippen MR) is 176 cm³/mol. The van der Waals surface area contributed by atoms with Gasteiger partial charge in [0.15, 0.2) is 11.4 Å². The summed E-state index contributed by atoms with van der Waals surface area (Å²) in [4.78, 5) is 29.8. The lowest BCUT2D eigenvalue weighted by Crippen LogP contribution is -2.62. The number of rotatable bonds is 6. The van der Waals surface area contributed by atoms with Gasteiger partial charge in [-0.2, -0.15) is 0 Å². The van der Waals surface area contributed by atoms with Crippen LogP contribution in [-0.2, 0) is 25.1 Å². The van der Waals surface area contributed by atoms with Crippen LogP contribution in [0.2, 0.25) is 0 Å².